The predicted octanol–water partition coefficient (Wildman–Crippen LogP) is 1.76. The summed E-state index contributed by atoms with van der Waals surface area (Å²) in [6.07, 6.45) is 6.53. The molecule has 0 aliphatic carbocycles. The van der Waals surface area contributed by atoms with Crippen LogP contribution in [0.2, 0.25) is 0 Å². The molecule has 178 valence electrons. The molecule has 0 saturated carbocycles. The Morgan fingerprint density at radius 1 is 1.09 bits per heavy atom. The molecule has 1 aromatic carbocycles. The number of hydrogen-bond donors (Lipinski definition) is 2. The van der Waals surface area contributed by atoms with Crippen molar-refractivity contribution in [2.75, 3.05) is 26.0 Å². The monoisotopic (exact) mass is 473 g/mol. The number of nitrogens with two attached hydrogens (primary N) is 1. The standard InChI is InChI=1S/C24H23N7O4/c1-30(2)24(34)16-3-5-17(6-4-16)31-13-19(21(29-31)22(25)32)28-23(33)20-14-35-12-9-18(27-20)15-7-10-26-11-8-15/h3-8,10-11,13-14H,9,12H2,1-2H3,(H2,25,32)(H,28,33). The van der Waals surface area contributed by atoms with E-state index in [1.807, 2.05) is 0 Å². The first-order valence-corrected chi connectivity index (χ1v) is 10.7. The van der Waals surface area contributed by atoms with E-state index in [1.165, 1.54) is 22.0 Å². The third kappa shape index (κ3) is 5.24. The number of carbonyl (C=O) groups is 3. The molecule has 3 amide bonds. The lowest BCUT2D eigenvalue weighted by atomic mass is 10.1. The van der Waals surface area contributed by atoms with Crippen LogP contribution in [0, 0.1) is 0 Å². The maximum absolute atomic E-state index is 13.0. The highest BCUT2D eigenvalue weighted by atomic mass is 16.5. The topological polar surface area (TPSA) is 145 Å². The van der Waals surface area contributed by atoms with Crippen LogP contribution in [0.4, 0.5) is 5.69 Å². The van der Waals surface area contributed by atoms with Crippen molar-refractivity contribution in [1.29, 1.82) is 0 Å². The summed E-state index contributed by atoms with van der Waals surface area (Å²) in [7, 11) is 3.33. The Balaban J connectivity index is 1.59. The van der Waals surface area contributed by atoms with Crippen LogP contribution in [-0.4, -0.2) is 63.8 Å². The first-order chi connectivity index (χ1) is 16.8. The molecular weight excluding hydrogens is 450 g/mol. The van der Waals surface area contributed by atoms with Crippen LogP contribution >= 0.6 is 0 Å². The zero-order valence-electron chi connectivity index (χ0n) is 19.1. The van der Waals surface area contributed by atoms with Gasteiger partial charge in [-0.2, -0.15) is 5.10 Å². The van der Waals surface area contributed by atoms with E-state index in [9.17, 15) is 14.4 Å². The van der Waals surface area contributed by atoms with Crippen LogP contribution in [0.3, 0.4) is 0 Å². The number of rotatable bonds is 6. The Hall–Kier alpha value is -4.80. The van der Waals surface area contributed by atoms with E-state index in [1.54, 1.807) is 62.9 Å². The molecule has 0 radical (unpaired) electrons. The molecule has 3 N–H and O–H groups in total. The SMILES string of the molecule is CN(C)C(=O)c1ccc(-n2cc(NC(=O)C3=COCCC(c4ccncc4)=N3)c(C(N)=O)n2)cc1. The number of aromatic nitrogens is 3. The Morgan fingerprint density at radius 2 is 1.80 bits per heavy atom. The third-order valence-corrected chi connectivity index (χ3v) is 5.13. The van der Waals surface area contributed by atoms with Crippen molar-refractivity contribution in [2.24, 2.45) is 10.7 Å². The van der Waals surface area contributed by atoms with Crippen LogP contribution in [-0.2, 0) is 9.53 Å². The van der Waals surface area contributed by atoms with Crippen LogP contribution < -0.4 is 11.1 Å². The minimum absolute atomic E-state index is 0.0315. The van der Waals surface area contributed by atoms with Crippen molar-refractivity contribution in [3.63, 3.8) is 0 Å². The molecule has 3 aromatic rings. The number of amides is 3. The molecule has 35 heavy (non-hydrogen) atoms. The summed E-state index contributed by atoms with van der Waals surface area (Å²) in [5.41, 5.74) is 8.07. The third-order valence-electron chi connectivity index (χ3n) is 5.13. The molecule has 1 aliphatic rings. The Bertz CT molecular complexity index is 1330. The van der Waals surface area contributed by atoms with Crippen LogP contribution in [0.25, 0.3) is 5.69 Å². The fourth-order valence-corrected chi connectivity index (χ4v) is 3.36. The number of anilines is 1. The maximum atomic E-state index is 13.0. The molecule has 0 saturated heterocycles. The highest BCUT2D eigenvalue weighted by Crippen LogP contribution is 2.20. The van der Waals surface area contributed by atoms with E-state index in [0.717, 1.165) is 5.56 Å². The second-order valence-electron chi connectivity index (χ2n) is 7.82. The normalized spacial score (nSPS) is 13.1. The van der Waals surface area contributed by atoms with E-state index in [-0.39, 0.29) is 23.0 Å². The van der Waals surface area contributed by atoms with Crippen molar-refractivity contribution >= 4 is 29.1 Å². The van der Waals surface area contributed by atoms with Gasteiger partial charge in [0.25, 0.3) is 17.7 Å². The first-order valence-electron chi connectivity index (χ1n) is 10.7. The lowest BCUT2D eigenvalue weighted by Gasteiger charge is -2.10. The molecule has 11 heteroatoms. The molecule has 11 nitrogen and oxygen atoms in total. The van der Waals surface area contributed by atoms with Gasteiger partial charge in [-0.15, -0.1) is 0 Å². The molecule has 0 atom stereocenters. The number of nitrogens with one attached hydrogen (secondary N) is 1. The van der Waals surface area contributed by atoms with Gasteiger partial charge in [0, 0.05) is 38.5 Å². The second kappa shape index (κ2) is 10.00. The Morgan fingerprint density at radius 3 is 2.46 bits per heavy atom. The Kier molecular flexibility index (Phi) is 6.67. The van der Waals surface area contributed by atoms with Crippen LogP contribution in [0.5, 0.6) is 0 Å². The quantitative estimate of drug-likeness (QED) is 0.558. The number of benzene rings is 1. The molecule has 0 spiro atoms. The van der Waals surface area contributed by atoms with Gasteiger partial charge in [0.1, 0.15) is 6.26 Å². The molecule has 0 fully saturated rings. The number of aliphatic imine (C=N–C) groups is 1. The summed E-state index contributed by atoms with van der Waals surface area (Å²) >= 11 is 0. The van der Waals surface area contributed by atoms with E-state index in [4.69, 9.17) is 10.5 Å². The summed E-state index contributed by atoms with van der Waals surface area (Å²) in [6, 6.07) is 10.2. The molecule has 4 rings (SSSR count). The van der Waals surface area contributed by atoms with Crippen molar-refractivity contribution in [3.05, 3.63) is 83.8 Å². The number of pyridine rings is 1. The molecule has 0 unspecified atom stereocenters. The van der Waals surface area contributed by atoms with Gasteiger partial charge >= 0.3 is 0 Å². The number of ether oxygens (including phenoxy) is 1. The maximum Gasteiger partial charge on any atom is 0.277 e. The number of carbonyl (C=O) groups excluding carboxylic acids is 3. The summed E-state index contributed by atoms with van der Waals surface area (Å²) in [5, 5.41) is 6.85. The van der Waals surface area contributed by atoms with Gasteiger partial charge in [-0.05, 0) is 42.0 Å². The predicted molar refractivity (Wildman–Crippen MR) is 128 cm³/mol. The van der Waals surface area contributed by atoms with E-state index in [0.29, 0.717) is 30.0 Å². The van der Waals surface area contributed by atoms with Crippen molar-refractivity contribution in [2.45, 2.75) is 6.42 Å². The lowest BCUT2D eigenvalue weighted by Crippen LogP contribution is -2.21. The molecule has 3 heterocycles. The van der Waals surface area contributed by atoms with Crippen molar-refractivity contribution < 1.29 is 19.1 Å². The summed E-state index contributed by atoms with van der Waals surface area (Å²) in [5.74, 6) is -1.55. The highest BCUT2D eigenvalue weighted by molar-refractivity contribution is 6.10. The van der Waals surface area contributed by atoms with Gasteiger partial charge in [-0.25, -0.2) is 9.67 Å². The smallest absolute Gasteiger partial charge is 0.277 e. The Labute approximate surface area is 200 Å². The largest absolute Gasteiger partial charge is 0.498 e. The van der Waals surface area contributed by atoms with E-state index in [2.05, 4.69) is 20.4 Å². The molecule has 0 bridgehead atoms. The van der Waals surface area contributed by atoms with E-state index < -0.39 is 11.8 Å². The fraction of sp³-hybridized carbons (Fsp3) is 0.167. The number of primary amides is 1. The average molecular weight is 473 g/mol. The summed E-state index contributed by atoms with van der Waals surface area (Å²) < 4.78 is 6.81. The minimum atomic E-state index is -0.814. The van der Waals surface area contributed by atoms with Gasteiger partial charge < -0.3 is 20.7 Å². The van der Waals surface area contributed by atoms with E-state index >= 15 is 0 Å². The van der Waals surface area contributed by atoms with Crippen molar-refractivity contribution in [3.8, 4) is 5.69 Å². The van der Waals surface area contributed by atoms with Gasteiger partial charge in [0.05, 0.1) is 29.9 Å². The summed E-state index contributed by atoms with van der Waals surface area (Å²) in [6.45, 7) is 0.356. The van der Waals surface area contributed by atoms with Gasteiger partial charge in [-0.1, -0.05) is 0 Å². The highest BCUT2D eigenvalue weighted by Gasteiger charge is 2.21. The molecular formula is C24H23N7O4. The lowest BCUT2D eigenvalue weighted by molar-refractivity contribution is -0.113. The number of hydrogen-bond acceptors (Lipinski definition) is 7. The average Bonchev–Trinajstić information content (AvgIpc) is 3.12. The first kappa shape index (κ1) is 23.4. The van der Waals surface area contributed by atoms with Gasteiger partial charge in [-0.3, -0.25) is 19.4 Å². The molecule has 2 aromatic heterocycles. The summed E-state index contributed by atoms with van der Waals surface area (Å²) in [4.78, 5) is 47.0. The van der Waals surface area contributed by atoms with Gasteiger partial charge in [0.2, 0.25) is 0 Å². The van der Waals surface area contributed by atoms with Gasteiger partial charge in [0.15, 0.2) is 11.4 Å². The van der Waals surface area contributed by atoms with Crippen LogP contribution in [0.15, 0.2) is 71.9 Å². The molecule has 1 aliphatic heterocycles. The second-order valence-corrected chi connectivity index (χ2v) is 7.82. The van der Waals surface area contributed by atoms with Crippen LogP contribution in [0.1, 0.15) is 32.8 Å². The zero-order chi connectivity index (χ0) is 24.9. The fourth-order valence-electron chi connectivity index (χ4n) is 3.36. The minimum Gasteiger partial charge on any atom is -0.498 e. The van der Waals surface area contributed by atoms with Crippen molar-refractivity contribution in [1.82, 2.24) is 19.7 Å². The zero-order valence-corrected chi connectivity index (χ0v) is 19.1. The number of nitrogens with zero attached hydrogens (tertiary/aromatic N) is 5.